The molecule has 0 bridgehead atoms. The van der Waals surface area contributed by atoms with E-state index in [1.807, 2.05) is 13.0 Å². The minimum atomic E-state index is -0.199. The molecule has 2 aromatic rings. The second-order valence-electron chi connectivity index (χ2n) is 6.10. The monoisotopic (exact) mass is 330 g/mol. The largest absolute Gasteiger partial charge is 0.450 e. The fourth-order valence-corrected chi connectivity index (χ4v) is 3.36. The Kier molecular flexibility index (Phi) is 5.35. The summed E-state index contributed by atoms with van der Waals surface area (Å²) in [5, 5.41) is 3.55. The molecule has 3 rings (SSSR count). The van der Waals surface area contributed by atoms with E-state index in [0.29, 0.717) is 12.6 Å². The Bertz CT molecular complexity index is 697. The van der Waals surface area contributed by atoms with Crippen molar-refractivity contribution in [3.8, 4) is 0 Å². The van der Waals surface area contributed by atoms with E-state index < -0.39 is 0 Å². The van der Waals surface area contributed by atoms with Gasteiger partial charge in [0.05, 0.1) is 17.6 Å². The lowest BCUT2D eigenvalue weighted by molar-refractivity contribution is 0.115. The van der Waals surface area contributed by atoms with Crippen LogP contribution in [0.5, 0.6) is 0 Å². The van der Waals surface area contributed by atoms with Gasteiger partial charge in [-0.25, -0.2) is 9.78 Å². The van der Waals surface area contributed by atoms with Gasteiger partial charge in [0, 0.05) is 38.6 Å². The van der Waals surface area contributed by atoms with Crippen molar-refractivity contribution in [3.05, 3.63) is 30.1 Å². The average Bonchev–Trinajstić information content (AvgIpc) is 3.19. The first-order valence-electron chi connectivity index (χ1n) is 8.82. The zero-order chi connectivity index (χ0) is 16.9. The van der Waals surface area contributed by atoms with Crippen LogP contribution in [0.2, 0.25) is 0 Å². The zero-order valence-electron chi connectivity index (χ0n) is 14.5. The molecular weight excluding hydrogens is 304 g/mol. The maximum Gasteiger partial charge on any atom is 0.409 e. The highest BCUT2D eigenvalue weighted by molar-refractivity contribution is 5.75. The van der Waals surface area contributed by atoms with Crippen molar-refractivity contribution in [3.63, 3.8) is 0 Å². The molecule has 6 heteroatoms. The third-order valence-corrected chi connectivity index (χ3v) is 4.55. The molecule has 0 aliphatic carbocycles. The molecule has 1 aromatic carbocycles. The Hall–Kier alpha value is -2.08. The third kappa shape index (κ3) is 3.53. The Morgan fingerprint density at radius 1 is 1.38 bits per heavy atom. The SMILES string of the molecule is CCOC(=O)N1CC[C@H](NCCc2nc3ccccc3n2CC)C1. The number of aryl methyl sites for hydroxylation is 1. The molecule has 0 radical (unpaired) electrons. The summed E-state index contributed by atoms with van der Waals surface area (Å²) < 4.78 is 7.33. The van der Waals surface area contributed by atoms with Crippen molar-refractivity contribution in [2.45, 2.75) is 39.3 Å². The number of rotatable bonds is 6. The van der Waals surface area contributed by atoms with Crippen molar-refractivity contribution in [2.24, 2.45) is 0 Å². The minimum Gasteiger partial charge on any atom is -0.450 e. The summed E-state index contributed by atoms with van der Waals surface area (Å²) in [4.78, 5) is 18.3. The maximum absolute atomic E-state index is 11.7. The van der Waals surface area contributed by atoms with Gasteiger partial charge in [-0.2, -0.15) is 0 Å². The van der Waals surface area contributed by atoms with Crippen LogP contribution in [0.3, 0.4) is 0 Å². The van der Waals surface area contributed by atoms with Gasteiger partial charge in [0.25, 0.3) is 0 Å². The number of imidazole rings is 1. The first-order valence-corrected chi connectivity index (χ1v) is 8.82. The summed E-state index contributed by atoms with van der Waals surface area (Å²) in [5.74, 6) is 1.12. The van der Waals surface area contributed by atoms with Gasteiger partial charge in [0.1, 0.15) is 5.82 Å². The molecule has 1 aliphatic rings. The summed E-state index contributed by atoms with van der Waals surface area (Å²) in [5.41, 5.74) is 2.26. The van der Waals surface area contributed by atoms with E-state index in [0.717, 1.165) is 50.4 Å². The Labute approximate surface area is 142 Å². The van der Waals surface area contributed by atoms with Crippen molar-refractivity contribution in [2.75, 3.05) is 26.2 Å². The van der Waals surface area contributed by atoms with Crippen molar-refractivity contribution in [1.29, 1.82) is 0 Å². The normalized spacial score (nSPS) is 17.6. The van der Waals surface area contributed by atoms with E-state index in [1.165, 1.54) is 5.52 Å². The number of aromatic nitrogens is 2. The highest BCUT2D eigenvalue weighted by atomic mass is 16.6. The second kappa shape index (κ2) is 7.66. The van der Waals surface area contributed by atoms with Gasteiger partial charge >= 0.3 is 6.09 Å². The number of amides is 1. The number of para-hydroxylation sites is 2. The molecule has 130 valence electrons. The highest BCUT2D eigenvalue weighted by Crippen LogP contribution is 2.16. The fraction of sp³-hybridized carbons (Fsp3) is 0.556. The van der Waals surface area contributed by atoms with E-state index in [1.54, 1.807) is 4.90 Å². The first-order chi connectivity index (χ1) is 11.7. The maximum atomic E-state index is 11.7. The van der Waals surface area contributed by atoms with Gasteiger partial charge in [-0.15, -0.1) is 0 Å². The number of likely N-dealkylation sites (tertiary alicyclic amines) is 1. The summed E-state index contributed by atoms with van der Waals surface area (Å²) in [6.07, 6.45) is 1.66. The van der Waals surface area contributed by atoms with Crippen molar-refractivity contribution >= 4 is 17.1 Å². The van der Waals surface area contributed by atoms with Gasteiger partial charge in [-0.3, -0.25) is 0 Å². The van der Waals surface area contributed by atoms with Crippen molar-refractivity contribution in [1.82, 2.24) is 19.8 Å². The molecule has 1 amide bonds. The molecule has 0 spiro atoms. The number of ether oxygens (including phenoxy) is 1. The van der Waals surface area contributed by atoms with Gasteiger partial charge in [-0.05, 0) is 32.4 Å². The molecule has 6 nitrogen and oxygen atoms in total. The Morgan fingerprint density at radius 2 is 2.21 bits per heavy atom. The van der Waals surface area contributed by atoms with Crippen molar-refractivity contribution < 1.29 is 9.53 Å². The number of nitrogens with one attached hydrogen (secondary N) is 1. The van der Waals surface area contributed by atoms with E-state index in [2.05, 4.69) is 35.0 Å². The van der Waals surface area contributed by atoms with E-state index in [4.69, 9.17) is 9.72 Å². The zero-order valence-corrected chi connectivity index (χ0v) is 14.5. The van der Waals surface area contributed by atoms with Gasteiger partial charge in [-0.1, -0.05) is 12.1 Å². The summed E-state index contributed by atoms with van der Waals surface area (Å²) in [7, 11) is 0. The third-order valence-electron chi connectivity index (χ3n) is 4.55. The molecule has 1 N–H and O–H groups in total. The number of carbonyl (C=O) groups is 1. The molecule has 0 unspecified atom stereocenters. The quantitative estimate of drug-likeness (QED) is 0.884. The smallest absolute Gasteiger partial charge is 0.409 e. The summed E-state index contributed by atoms with van der Waals surface area (Å²) in [6.45, 7) is 7.71. The number of carbonyl (C=O) groups excluding carboxylic acids is 1. The van der Waals surface area contributed by atoms with Crippen LogP contribution in [-0.2, 0) is 17.7 Å². The topological polar surface area (TPSA) is 59.4 Å². The number of hydrogen-bond acceptors (Lipinski definition) is 4. The predicted octanol–water partition coefficient (Wildman–Crippen LogP) is 2.42. The van der Waals surface area contributed by atoms with E-state index in [-0.39, 0.29) is 6.09 Å². The molecule has 1 atom stereocenters. The first kappa shape index (κ1) is 16.8. The highest BCUT2D eigenvalue weighted by Gasteiger charge is 2.26. The molecule has 1 saturated heterocycles. The van der Waals surface area contributed by atoms with Crippen LogP contribution in [0, 0.1) is 0 Å². The molecule has 1 aromatic heterocycles. The standard InChI is InChI=1S/C18H26N4O2/c1-3-22-16-8-6-5-7-15(16)20-17(22)9-11-19-14-10-12-21(13-14)18(23)24-4-2/h5-8,14,19H,3-4,9-13H2,1-2H3/t14-/m0/s1. The molecule has 2 heterocycles. The molecule has 0 saturated carbocycles. The number of benzene rings is 1. The van der Waals surface area contributed by atoms with Gasteiger partial charge < -0.3 is 19.5 Å². The average molecular weight is 330 g/mol. The molecule has 24 heavy (non-hydrogen) atoms. The van der Waals surface area contributed by atoms with Gasteiger partial charge in [0.15, 0.2) is 0 Å². The van der Waals surface area contributed by atoms with E-state index in [9.17, 15) is 4.79 Å². The second-order valence-corrected chi connectivity index (χ2v) is 6.10. The lowest BCUT2D eigenvalue weighted by Crippen LogP contribution is -2.36. The fourth-order valence-electron chi connectivity index (χ4n) is 3.36. The van der Waals surface area contributed by atoms with Gasteiger partial charge in [0.2, 0.25) is 0 Å². The van der Waals surface area contributed by atoms with Crippen LogP contribution in [0.4, 0.5) is 4.79 Å². The minimum absolute atomic E-state index is 0.199. The number of hydrogen-bond donors (Lipinski definition) is 1. The summed E-state index contributed by atoms with van der Waals surface area (Å²) in [6, 6.07) is 8.61. The molecule has 1 aliphatic heterocycles. The molecular formula is C18H26N4O2. The van der Waals surface area contributed by atoms with Crippen LogP contribution < -0.4 is 5.32 Å². The lowest BCUT2D eigenvalue weighted by Gasteiger charge is -2.16. The number of nitrogens with zero attached hydrogens (tertiary/aromatic N) is 3. The number of fused-ring (bicyclic) bond motifs is 1. The van der Waals surface area contributed by atoms with Crippen LogP contribution in [0.25, 0.3) is 11.0 Å². The van der Waals surface area contributed by atoms with Crippen LogP contribution in [0.15, 0.2) is 24.3 Å². The summed E-state index contributed by atoms with van der Waals surface area (Å²) >= 11 is 0. The predicted molar refractivity (Wildman–Crippen MR) is 94.1 cm³/mol. The van der Waals surface area contributed by atoms with Crippen LogP contribution in [0.1, 0.15) is 26.1 Å². The Morgan fingerprint density at radius 3 is 3.00 bits per heavy atom. The van der Waals surface area contributed by atoms with Crippen LogP contribution in [-0.4, -0.2) is 52.8 Å². The Balaban J connectivity index is 1.53. The van der Waals surface area contributed by atoms with Crippen LogP contribution >= 0.6 is 0 Å². The van der Waals surface area contributed by atoms with E-state index >= 15 is 0 Å². The lowest BCUT2D eigenvalue weighted by atomic mass is 10.2. The molecule has 1 fully saturated rings.